The van der Waals surface area contributed by atoms with E-state index in [2.05, 4.69) is 0 Å². The first-order chi connectivity index (χ1) is 1.00. The molecular weight excluding hydrogens is 378 g/mol. The minimum atomic E-state index is 0. The SMILES string of the molecule is [O]=[Sb].[SbH2].[SnH2]. The predicted molar refractivity (Wildman–Crippen MR) is 23.5 cm³/mol. The first kappa shape index (κ1) is 16.3. The molecule has 0 aliphatic rings. The molecule has 0 N–H and O–H groups in total. The van der Waals surface area contributed by atoms with E-state index < -0.39 is 0 Å². The van der Waals surface area contributed by atoms with Crippen molar-refractivity contribution in [1.29, 1.82) is 0 Å². The van der Waals surface area contributed by atoms with Gasteiger partial charge >= 0.3 is 74.4 Å². The van der Waals surface area contributed by atoms with Gasteiger partial charge in [0, 0.05) is 0 Å². The summed E-state index contributed by atoms with van der Waals surface area (Å²) in [4.78, 5) is 0. The summed E-state index contributed by atoms with van der Waals surface area (Å²) in [6.07, 6.45) is 0. The van der Waals surface area contributed by atoms with Crippen LogP contribution in [0.5, 0.6) is 0 Å². The van der Waals surface area contributed by atoms with Gasteiger partial charge in [0.15, 0.2) is 0 Å². The summed E-state index contributed by atoms with van der Waals surface area (Å²) in [5, 5.41) is 0. The van der Waals surface area contributed by atoms with Crippen molar-refractivity contribution in [2.45, 2.75) is 0 Å². The minimum absolute atomic E-state index is 0. The average Bonchev–Trinajstić information content (AvgIpc) is 1.00. The average molecular weight is 382 g/mol. The third kappa shape index (κ3) is 8.87. The third-order valence-electron chi connectivity index (χ3n) is 0. The molecule has 0 spiro atoms. The Balaban J connectivity index is -0.00000000500. The first-order valence-electron chi connectivity index (χ1n) is 0.183. The molecule has 0 fully saturated rings. The molecule has 4 radical (unpaired) electrons. The van der Waals surface area contributed by atoms with Crippen LogP contribution < -0.4 is 0 Å². The van der Waals surface area contributed by atoms with E-state index in [0.29, 0.717) is 23.0 Å². The summed E-state index contributed by atoms with van der Waals surface area (Å²) in [5.41, 5.74) is 0. The van der Waals surface area contributed by atoms with Crippen LogP contribution in [-0.4, -0.2) is 71.3 Å². The molecule has 0 heterocycles. The Kier molecular flexibility index (Phi) is 76.7. The van der Waals surface area contributed by atoms with Gasteiger partial charge in [-0.05, 0) is 0 Å². The van der Waals surface area contributed by atoms with E-state index in [-0.39, 0.29) is 48.3 Å². The molecule has 0 saturated heterocycles. The van der Waals surface area contributed by atoms with Crippen molar-refractivity contribution < 1.29 is 3.02 Å². The fourth-order valence-corrected chi connectivity index (χ4v) is 0. The van der Waals surface area contributed by atoms with E-state index in [4.69, 9.17) is 3.02 Å². The fourth-order valence-electron chi connectivity index (χ4n) is 0. The fraction of sp³-hybridized carbons (Fsp3) is 0. The number of hydrogen-bond acceptors (Lipinski definition) is 1. The van der Waals surface area contributed by atoms with Gasteiger partial charge in [0.25, 0.3) is 0 Å². The van der Waals surface area contributed by atoms with Crippen LogP contribution >= 0.6 is 0 Å². The molecule has 4 heavy (non-hydrogen) atoms. The molecule has 0 rings (SSSR count). The zero-order valence-electron chi connectivity index (χ0n) is 2.14. The Morgan fingerprint density at radius 1 is 1.25 bits per heavy atom. The maximum absolute atomic E-state index is 8.30. The van der Waals surface area contributed by atoms with Crippen LogP contribution in [0.1, 0.15) is 0 Å². The van der Waals surface area contributed by atoms with E-state index in [1.807, 2.05) is 0 Å². The topological polar surface area (TPSA) is 17.1 Å². The molecule has 0 aromatic heterocycles. The van der Waals surface area contributed by atoms with Crippen molar-refractivity contribution in [2.75, 3.05) is 0 Å². The molecule has 0 saturated carbocycles. The van der Waals surface area contributed by atoms with Gasteiger partial charge in [-0.25, -0.2) is 0 Å². The zero-order chi connectivity index (χ0) is 2.00. The number of rotatable bonds is 0. The van der Waals surface area contributed by atoms with Crippen molar-refractivity contribution in [2.24, 2.45) is 0 Å². The van der Waals surface area contributed by atoms with E-state index in [9.17, 15) is 0 Å². The molecule has 0 unspecified atom stereocenters. The second kappa shape index (κ2) is 18.8. The Bertz CT molecular complexity index is 6.00. The van der Waals surface area contributed by atoms with Crippen molar-refractivity contribution in [3.05, 3.63) is 0 Å². The molecular formula is H4OSb2Sn. The molecule has 0 bridgehead atoms. The van der Waals surface area contributed by atoms with Gasteiger partial charge in [-0.2, -0.15) is 0 Å². The van der Waals surface area contributed by atoms with Crippen molar-refractivity contribution >= 4 is 71.3 Å². The Morgan fingerprint density at radius 3 is 1.25 bits per heavy atom. The molecule has 24 valence electrons. The zero-order valence-corrected chi connectivity index (χ0v) is 12.0. The summed E-state index contributed by atoms with van der Waals surface area (Å²) >= 11 is 0.500. The molecule has 0 amide bonds. The van der Waals surface area contributed by atoms with Crippen molar-refractivity contribution in [1.82, 2.24) is 0 Å². The molecule has 0 aliphatic carbocycles. The molecule has 0 aliphatic heterocycles. The summed E-state index contributed by atoms with van der Waals surface area (Å²) in [5.74, 6) is 0. The van der Waals surface area contributed by atoms with Gasteiger partial charge in [0.1, 0.15) is 0 Å². The van der Waals surface area contributed by atoms with Crippen molar-refractivity contribution in [3.8, 4) is 0 Å². The molecule has 0 aromatic rings. The Labute approximate surface area is 73.2 Å². The van der Waals surface area contributed by atoms with Crippen LogP contribution in [0.2, 0.25) is 0 Å². The quantitative estimate of drug-likeness (QED) is 0.430. The van der Waals surface area contributed by atoms with E-state index in [1.54, 1.807) is 0 Å². The summed E-state index contributed by atoms with van der Waals surface area (Å²) in [7, 11) is 0. The molecule has 1 nitrogen and oxygen atoms in total. The Hall–Kier alpha value is 2.24. The van der Waals surface area contributed by atoms with Gasteiger partial charge < -0.3 is 0 Å². The summed E-state index contributed by atoms with van der Waals surface area (Å²) in [6.45, 7) is 0. The standard InChI is InChI=1S/O.2Sb.Sn.4H. The molecule has 0 atom stereocenters. The van der Waals surface area contributed by atoms with E-state index in [0.717, 1.165) is 0 Å². The molecule has 4 heteroatoms. The maximum atomic E-state index is 8.30. The van der Waals surface area contributed by atoms with E-state index in [1.165, 1.54) is 0 Å². The van der Waals surface area contributed by atoms with Crippen LogP contribution in [-0.2, 0) is 3.02 Å². The van der Waals surface area contributed by atoms with Gasteiger partial charge in [-0.1, -0.05) is 0 Å². The Morgan fingerprint density at radius 2 is 1.25 bits per heavy atom. The van der Waals surface area contributed by atoms with E-state index >= 15 is 0 Å². The van der Waals surface area contributed by atoms with Crippen LogP contribution in [0.15, 0.2) is 0 Å². The second-order valence-corrected chi connectivity index (χ2v) is 0. The monoisotopic (exact) mass is 382 g/mol. The van der Waals surface area contributed by atoms with Crippen LogP contribution in [0, 0.1) is 0 Å². The summed E-state index contributed by atoms with van der Waals surface area (Å²) in [6, 6.07) is 0. The normalized spacial score (nSPS) is 1.00. The van der Waals surface area contributed by atoms with Crippen LogP contribution in [0.3, 0.4) is 0 Å². The van der Waals surface area contributed by atoms with Crippen LogP contribution in [0.25, 0.3) is 0 Å². The first-order valence-corrected chi connectivity index (χ1v) is 1.22. The van der Waals surface area contributed by atoms with Gasteiger partial charge in [-0.3, -0.25) is 0 Å². The second-order valence-electron chi connectivity index (χ2n) is 0. The molecule has 0 aromatic carbocycles. The van der Waals surface area contributed by atoms with Gasteiger partial charge in [-0.15, -0.1) is 0 Å². The third-order valence-corrected chi connectivity index (χ3v) is 0. The number of hydrogen-bond donors (Lipinski definition) is 0. The van der Waals surface area contributed by atoms with Crippen LogP contribution in [0.4, 0.5) is 0 Å². The summed E-state index contributed by atoms with van der Waals surface area (Å²) < 4.78 is 8.30. The van der Waals surface area contributed by atoms with Gasteiger partial charge in [0.2, 0.25) is 0 Å². The van der Waals surface area contributed by atoms with Crippen molar-refractivity contribution in [3.63, 3.8) is 0 Å². The predicted octanol–water partition coefficient (Wildman–Crippen LogP) is -2.33. The van der Waals surface area contributed by atoms with Gasteiger partial charge in [0.05, 0.1) is 0 Å².